The Kier molecular flexibility index (Phi) is 7.89. The first-order chi connectivity index (χ1) is 10.1. The number of hydrogen-bond acceptors (Lipinski definition) is 6. The normalized spacial score (nSPS) is 12.0. The Bertz CT molecular complexity index is 424. The summed E-state index contributed by atoms with van der Waals surface area (Å²) in [6.07, 6.45) is -0.323. The van der Waals surface area contributed by atoms with Crippen LogP contribution in [0.2, 0.25) is 0 Å². The summed E-state index contributed by atoms with van der Waals surface area (Å²) in [6.45, 7) is 4.61. The summed E-state index contributed by atoms with van der Waals surface area (Å²) in [5, 5.41) is 15.6. The van der Waals surface area contributed by atoms with Gasteiger partial charge in [0, 0.05) is 31.7 Å². The lowest BCUT2D eigenvalue weighted by atomic mass is 10.1. The summed E-state index contributed by atoms with van der Waals surface area (Å²) in [6, 6.07) is 3.82. The molecule has 0 aromatic heterocycles. The van der Waals surface area contributed by atoms with Gasteiger partial charge < -0.3 is 30.0 Å². The Hall–Kier alpha value is -1.50. The molecule has 0 bridgehead atoms. The summed E-state index contributed by atoms with van der Waals surface area (Å²) < 4.78 is 16.0. The van der Waals surface area contributed by atoms with Crippen LogP contribution >= 0.6 is 0 Å². The van der Waals surface area contributed by atoms with E-state index in [4.69, 9.17) is 19.3 Å². The zero-order valence-electron chi connectivity index (χ0n) is 13.2. The molecule has 0 heterocycles. The zero-order chi connectivity index (χ0) is 15.7. The van der Waals surface area contributed by atoms with Crippen molar-refractivity contribution in [3.05, 3.63) is 17.7 Å². The molecule has 0 fully saturated rings. The molecule has 0 spiro atoms. The molecule has 0 aliphatic heterocycles. The Balaban J connectivity index is 2.55. The Labute approximate surface area is 126 Å². The number of aliphatic hydroxyl groups is 1. The topological polar surface area (TPSA) is 72.0 Å². The first-order valence-electron chi connectivity index (χ1n) is 7.01. The summed E-state index contributed by atoms with van der Waals surface area (Å²) in [5.74, 6) is 1.93. The minimum atomic E-state index is -0.323. The van der Waals surface area contributed by atoms with Gasteiger partial charge in [-0.3, -0.25) is 0 Å². The molecule has 1 aromatic carbocycles. The Morgan fingerprint density at radius 1 is 1.00 bits per heavy atom. The van der Waals surface area contributed by atoms with Crippen LogP contribution in [-0.2, 0) is 6.54 Å². The highest BCUT2D eigenvalue weighted by molar-refractivity contribution is 5.55. The van der Waals surface area contributed by atoms with Crippen LogP contribution in [0.5, 0.6) is 17.2 Å². The van der Waals surface area contributed by atoms with Crippen molar-refractivity contribution in [2.45, 2.75) is 19.6 Å². The van der Waals surface area contributed by atoms with Crippen molar-refractivity contribution >= 4 is 0 Å². The average molecular weight is 298 g/mol. The molecular formula is C15H26N2O4. The molecule has 0 radical (unpaired) electrons. The van der Waals surface area contributed by atoms with Crippen LogP contribution in [0.25, 0.3) is 0 Å². The third-order valence-electron chi connectivity index (χ3n) is 3.02. The first-order valence-corrected chi connectivity index (χ1v) is 7.01. The molecule has 1 unspecified atom stereocenters. The van der Waals surface area contributed by atoms with Gasteiger partial charge in [-0.15, -0.1) is 0 Å². The lowest BCUT2D eigenvalue weighted by Gasteiger charge is -2.16. The van der Waals surface area contributed by atoms with Crippen molar-refractivity contribution < 1.29 is 19.3 Å². The Morgan fingerprint density at radius 2 is 1.67 bits per heavy atom. The molecule has 0 saturated carbocycles. The SMILES string of the molecule is COc1ccc(CNCCNCC(C)O)c(OC)c1OC. The third kappa shape index (κ3) is 5.41. The van der Waals surface area contributed by atoms with Gasteiger partial charge in [-0.2, -0.15) is 0 Å². The van der Waals surface area contributed by atoms with Gasteiger partial charge in [-0.1, -0.05) is 6.07 Å². The standard InChI is InChI=1S/C15H26N2O4/c1-11(18)9-16-7-8-17-10-12-5-6-13(19-2)15(21-4)14(12)20-3/h5-6,11,16-18H,7-10H2,1-4H3. The van der Waals surface area contributed by atoms with Gasteiger partial charge in [0.05, 0.1) is 27.4 Å². The quantitative estimate of drug-likeness (QED) is 0.554. The molecule has 120 valence electrons. The molecule has 0 aliphatic rings. The second kappa shape index (κ2) is 9.44. The maximum Gasteiger partial charge on any atom is 0.203 e. The number of benzene rings is 1. The summed E-state index contributed by atoms with van der Waals surface area (Å²) >= 11 is 0. The molecule has 3 N–H and O–H groups in total. The number of rotatable bonds is 10. The van der Waals surface area contributed by atoms with E-state index in [0.717, 1.165) is 18.7 Å². The second-order valence-corrected chi connectivity index (χ2v) is 4.72. The van der Waals surface area contributed by atoms with Crippen LogP contribution in [0.15, 0.2) is 12.1 Å². The highest BCUT2D eigenvalue weighted by Gasteiger charge is 2.15. The van der Waals surface area contributed by atoms with Crippen molar-refractivity contribution in [2.75, 3.05) is 41.0 Å². The van der Waals surface area contributed by atoms with Crippen molar-refractivity contribution in [1.82, 2.24) is 10.6 Å². The van der Waals surface area contributed by atoms with Crippen LogP contribution in [-0.4, -0.2) is 52.2 Å². The number of nitrogens with one attached hydrogen (secondary N) is 2. The lowest BCUT2D eigenvalue weighted by molar-refractivity contribution is 0.191. The molecule has 6 nitrogen and oxygen atoms in total. The van der Waals surface area contributed by atoms with E-state index in [9.17, 15) is 0 Å². The molecule has 0 amide bonds. The van der Waals surface area contributed by atoms with Crippen molar-refractivity contribution in [3.63, 3.8) is 0 Å². The van der Waals surface area contributed by atoms with E-state index < -0.39 is 0 Å². The van der Waals surface area contributed by atoms with E-state index in [1.807, 2.05) is 12.1 Å². The third-order valence-corrected chi connectivity index (χ3v) is 3.02. The number of hydrogen-bond donors (Lipinski definition) is 3. The van der Waals surface area contributed by atoms with E-state index in [2.05, 4.69) is 10.6 Å². The predicted octanol–water partition coefficient (Wildman–Crippen LogP) is 0.772. The molecule has 0 saturated heterocycles. The van der Waals surface area contributed by atoms with E-state index >= 15 is 0 Å². The fourth-order valence-electron chi connectivity index (χ4n) is 2.01. The van der Waals surface area contributed by atoms with Gasteiger partial charge in [0.15, 0.2) is 11.5 Å². The summed E-state index contributed by atoms with van der Waals surface area (Å²) in [4.78, 5) is 0. The van der Waals surface area contributed by atoms with Gasteiger partial charge in [-0.05, 0) is 13.0 Å². The fourth-order valence-corrected chi connectivity index (χ4v) is 2.01. The highest BCUT2D eigenvalue weighted by Crippen LogP contribution is 2.39. The minimum absolute atomic E-state index is 0.323. The van der Waals surface area contributed by atoms with Crippen LogP contribution < -0.4 is 24.8 Å². The predicted molar refractivity (Wildman–Crippen MR) is 82.4 cm³/mol. The van der Waals surface area contributed by atoms with Gasteiger partial charge in [0.1, 0.15) is 0 Å². The number of methoxy groups -OCH3 is 3. The van der Waals surface area contributed by atoms with Gasteiger partial charge >= 0.3 is 0 Å². The van der Waals surface area contributed by atoms with E-state index in [-0.39, 0.29) is 6.10 Å². The molecule has 21 heavy (non-hydrogen) atoms. The van der Waals surface area contributed by atoms with Crippen LogP contribution in [0, 0.1) is 0 Å². The Morgan fingerprint density at radius 3 is 2.24 bits per heavy atom. The summed E-state index contributed by atoms with van der Waals surface area (Å²) in [5.41, 5.74) is 1.01. The molecule has 1 atom stereocenters. The van der Waals surface area contributed by atoms with E-state index in [1.165, 1.54) is 0 Å². The average Bonchev–Trinajstić information content (AvgIpc) is 2.49. The van der Waals surface area contributed by atoms with Gasteiger partial charge in [0.25, 0.3) is 0 Å². The maximum absolute atomic E-state index is 9.14. The van der Waals surface area contributed by atoms with Crippen LogP contribution in [0.1, 0.15) is 12.5 Å². The highest BCUT2D eigenvalue weighted by atomic mass is 16.5. The zero-order valence-corrected chi connectivity index (χ0v) is 13.2. The van der Waals surface area contributed by atoms with E-state index in [1.54, 1.807) is 28.3 Å². The molecule has 1 rings (SSSR count). The first kappa shape index (κ1) is 17.6. The van der Waals surface area contributed by atoms with Crippen LogP contribution in [0.3, 0.4) is 0 Å². The number of aliphatic hydroxyl groups excluding tert-OH is 1. The molecule has 0 aliphatic carbocycles. The second-order valence-electron chi connectivity index (χ2n) is 4.72. The monoisotopic (exact) mass is 298 g/mol. The van der Waals surface area contributed by atoms with Gasteiger partial charge in [-0.25, -0.2) is 0 Å². The van der Waals surface area contributed by atoms with Crippen molar-refractivity contribution in [2.24, 2.45) is 0 Å². The fraction of sp³-hybridized carbons (Fsp3) is 0.600. The molecule has 1 aromatic rings. The smallest absolute Gasteiger partial charge is 0.203 e. The largest absolute Gasteiger partial charge is 0.493 e. The summed E-state index contributed by atoms with van der Waals surface area (Å²) in [7, 11) is 4.81. The number of ether oxygens (including phenoxy) is 3. The van der Waals surface area contributed by atoms with Gasteiger partial charge in [0.2, 0.25) is 5.75 Å². The maximum atomic E-state index is 9.14. The van der Waals surface area contributed by atoms with Crippen molar-refractivity contribution in [3.8, 4) is 17.2 Å². The molecular weight excluding hydrogens is 272 g/mol. The van der Waals surface area contributed by atoms with Crippen LogP contribution in [0.4, 0.5) is 0 Å². The minimum Gasteiger partial charge on any atom is -0.493 e. The lowest BCUT2D eigenvalue weighted by Crippen LogP contribution is -2.31. The van der Waals surface area contributed by atoms with E-state index in [0.29, 0.717) is 30.3 Å². The molecule has 6 heteroatoms. The van der Waals surface area contributed by atoms with Crippen molar-refractivity contribution in [1.29, 1.82) is 0 Å².